The summed E-state index contributed by atoms with van der Waals surface area (Å²) in [5.41, 5.74) is 0.582. The fraction of sp³-hybridized carbons (Fsp3) is 0.222. The van der Waals surface area contributed by atoms with Crippen LogP contribution in [-0.4, -0.2) is 31.7 Å². The van der Waals surface area contributed by atoms with E-state index in [2.05, 4.69) is 21.2 Å². The number of nitrogens with one attached hydrogen (secondary N) is 1. The molecular weight excluding hydrogens is 390 g/mol. The third kappa shape index (κ3) is 6.11. The summed E-state index contributed by atoms with van der Waals surface area (Å²) in [4.78, 5) is 23.9. The van der Waals surface area contributed by atoms with Crippen molar-refractivity contribution in [3.63, 3.8) is 0 Å². The lowest BCUT2D eigenvalue weighted by Gasteiger charge is -2.14. The standard InChI is InChI=1S/C18H18BrNO5/c1-12(18(22)20-14-6-8-15(23-2)9-7-14)25-17(21)11-24-16-5-3-4-13(19)10-16/h3-10,12H,11H2,1-2H3,(H,20,22). The molecule has 25 heavy (non-hydrogen) atoms. The number of methoxy groups -OCH3 is 1. The number of esters is 1. The second kappa shape index (κ2) is 9.08. The quantitative estimate of drug-likeness (QED) is 0.711. The molecule has 0 heterocycles. The van der Waals surface area contributed by atoms with Gasteiger partial charge in [-0.2, -0.15) is 0 Å². The third-order valence-corrected chi connectivity index (χ3v) is 3.68. The fourth-order valence-corrected chi connectivity index (χ4v) is 2.28. The van der Waals surface area contributed by atoms with E-state index < -0.39 is 18.0 Å². The number of amides is 1. The minimum atomic E-state index is -0.944. The summed E-state index contributed by atoms with van der Waals surface area (Å²) in [7, 11) is 1.56. The molecule has 1 amide bonds. The summed E-state index contributed by atoms with van der Waals surface area (Å²) < 4.78 is 16.3. The Morgan fingerprint density at radius 2 is 1.84 bits per heavy atom. The van der Waals surface area contributed by atoms with Gasteiger partial charge in [0.15, 0.2) is 12.7 Å². The van der Waals surface area contributed by atoms with E-state index in [1.165, 1.54) is 6.92 Å². The molecule has 7 heteroatoms. The van der Waals surface area contributed by atoms with E-state index in [1.54, 1.807) is 49.6 Å². The normalized spacial score (nSPS) is 11.3. The van der Waals surface area contributed by atoms with Gasteiger partial charge in [-0.15, -0.1) is 0 Å². The van der Waals surface area contributed by atoms with Gasteiger partial charge in [0.05, 0.1) is 7.11 Å². The first kappa shape index (κ1) is 18.8. The highest BCUT2D eigenvalue weighted by atomic mass is 79.9. The van der Waals surface area contributed by atoms with Crippen molar-refractivity contribution in [1.82, 2.24) is 0 Å². The van der Waals surface area contributed by atoms with Gasteiger partial charge < -0.3 is 19.5 Å². The predicted octanol–water partition coefficient (Wildman–Crippen LogP) is 3.41. The summed E-state index contributed by atoms with van der Waals surface area (Å²) in [6, 6.07) is 13.9. The molecule has 0 bridgehead atoms. The van der Waals surface area contributed by atoms with E-state index in [4.69, 9.17) is 14.2 Å². The van der Waals surface area contributed by atoms with Crippen molar-refractivity contribution < 1.29 is 23.8 Å². The zero-order valence-corrected chi connectivity index (χ0v) is 15.4. The number of carbonyl (C=O) groups is 2. The van der Waals surface area contributed by atoms with Crippen LogP contribution in [0.1, 0.15) is 6.92 Å². The van der Waals surface area contributed by atoms with E-state index >= 15 is 0 Å². The number of rotatable bonds is 7. The van der Waals surface area contributed by atoms with Crippen LogP contribution < -0.4 is 14.8 Å². The van der Waals surface area contributed by atoms with Crippen molar-refractivity contribution in [3.05, 3.63) is 53.0 Å². The van der Waals surface area contributed by atoms with Crippen LogP contribution >= 0.6 is 15.9 Å². The lowest BCUT2D eigenvalue weighted by molar-refractivity contribution is -0.155. The Labute approximate surface area is 154 Å². The first-order valence-corrected chi connectivity index (χ1v) is 8.30. The first-order valence-electron chi connectivity index (χ1n) is 7.50. The highest BCUT2D eigenvalue weighted by molar-refractivity contribution is 9.10. The molecular formula is C18H18BrNO5. The molecule has 0 saturated heterocycles. The minimum Gasteiger partial charge on any atom is -0.497 e. The Hall–Kier alpha value is -2.54. The van der Waals surface area contributed by atoms with Gasteiger partial charge in [0.25, 0.3) is 5.91 Å². The van der Waals surface area contributed by atoms with Crippen LogP contribution in [0.25, 0.3) is 0 Å². The summed E-state index contributed by atoms with van der Waals surface area (Å²) >= 11 is 3.31. The molecule has 0 aliphatic carbocycles. The summed E-state index contributed by atoms with van der Waals surface area (Å²) in [6.45, 7) is 1.21. The molecule has 1 N–H and O–H groups in total. The summed E-state index contributed by atoms with van der Waals surface area (Å²) in [6.07, 6.45) is -0.944. The van der Waals surface area contributed by atoms with Gasteiger partial charge in [-0.25, -0.2) is 4.79 Å². The molecule has 0 aromatic heterocycles. The van der Waals surface area contributed by atoms with Gasteiger partial charge in [-0.3, -0.25) is 4.79 Å². The average molecular weight is 408 g/mol. The lowest BCUT2D eigenvalue weighted by Crippen LogP contribution is -2.31. The molecule has 6 nitrogen and oxygen atoms in total. The SMILES string of the molecule is COc1ccc(NC(=O)C(C)OC(=O)COc2cccc(Br)c2)cc1. The lowest BCUT2D eigenvalue weighted by atomic mass is 10.3. The van der Waals surface area contributed by atoms with Gasteiger partial charge in [-0.1, -0.05) is 22.0 Å². The highest BCUT2D eigenvalue weighted by Gasteiger charge is 2.18. The van der Waals surface area contributed by atoms with Crippen molar-refractivity contribution in [2.75, 3.05) is 19.0 Å². The highest BCUT2D eigenvalue weighted by Crippen LogP contribution is 2.18. The Kier molecular flexibility index (Phi) is 6.82. The van der Waals surface area contributed by atoms with Crippen molar-refractivity contribution in [2.45, 2.75) is 13.0 Å². The van der Waals surface area contributed by atoms with Gasteiger partial charge in [0.1, 0.15) is 11.5 Å². The van der Waals surface area contributed by atoms with Crippen molar-refractivity contribution in [2.24, 2.45) is 0 Å². The second-order valence-electron chi connectivity index (χ2n) is 5.10. The predicted molar refractivity (Wildman–Crippen MR) is 96.8 cm³/mol. The first-order chi connectivity index (χ1) is 12.0. The molecule has 2 rings (SSSR count). The molecule has 1 atom stereocenters. The number of ether oxygens (including phenoxy) is 3. The van der Waals surface area contributed by atoms with Crippen LogP contribution in [0.4, 0.5) is 5.69 Å². The van der Waals surface area contributed by atoms with E-state index in [0.29, 0.717) is 17.2 Å². The van der Waals surface area contributed by atoms with Gasteiger partial charge >= 0.3 is 5.97 Å². The molecule has 0 saturated carbocycles. The van der Waals surface area contributed by atoms with Crippen LogP contribution in [0, 0.1) is 0 Å². The number of benzene rings is 2. The maximum atomic E-state index is 12.1. The maximum absolute atomic E-state index is 12.1. The molecule has 2 aromatic carbocycles. The van der Waals surface area contributed by atoms with Crippen molar-refractivity contribution in [3.8, 4) is 11.5 Å². The van der Waals surface area contributed by atoms with Crippen LogP contribution in [0.15, 0.2) is 53.0 Å². The molecule has 1 unspecified atom stereocenters. The van der Waals surface area contributed by atoms with E-state index in [-0.39, 0.29) is 6.61 Å². The number of hydrogen-bond acceptors (Lipinski definition) is 5. The summed E-state index contributed by atoms with van der Waals surface area (Å²) in [5.74, 6) is 0.155. The molecule has 0 aliphatic heterocycles. The van der Waals surface area contributed by atoms with Crippen LogP contribution in [0.5, 0.6) is 11.5 Å². The van der Waals surface area contributed by atoms with Crippen LogP contribution in [0.2, 0.25) is 0 Å². The van der Waals surface area contributed by atoms with Gasteiger partial charge in [0.2, 0.25) is 0 Å². The largest absolute Gasteiger partial charge is 0.497 e. The zero-order valence-electron chi connectivity index (χ0n) is 13.8. The Bertz CT molecular complexity index is 733. The second-order valence-corrected chi connectivity index (χ2v) is 6.01. The average Bonchev–Trinajstić information content (AvgIpc) is 2.60. The minimum absolute atomic E-state index is 0.281. The van der Waals surface area contributed by atoms with Gasteiger partial charge in [-0.05, 0) is 49.4 Å². The molecule has 0 fully saturated rings. The Morgan fingerprint density at radius 1 is 1.12 bits per heavy atom. The monoisotopic (exact) mass is 407 g/mol. The molecule has 2 aromatic rings. The van der Waals surface area contributed by atoms with E-state index in [9.17, 15) is 9.59 Å². The van der Waals surface area contributed by atoms with Crippen LogP contribution in [0.3, 0.4) is 0 Å². The number of halogens is 1. The van der Waals surface area contributed by atoms with Crippen molar-refractivity contribution >= 4 is 33.5 Å². The smallest absolute Gasteiger partial charge is 0.344 e. The Morgan fingerprint density at radius 3 is 2.48 bits per heavy atom. The maximum Gasteiger partial charge on any atom is 0.344 e. The molecule has 0 aliphatic rings. The fourth-order valence-electron chi connectivity index (χ4n) is 1.90. The summed E-state index contributed by atoms with van der Waals surface area (Å²) in [5, 5.41) is 2.66. The number of hydrogen-bond donors (Lipinski definition) is 1. The van der Waals surface area contributed by atoms with E-state index in [0.717, 1.165) is 4.47 Å². The van der Waals surface area contributed by atoms with E-state index in [1.807, 2.05) is 6.07 Å². The Balaban J connectivity index is 1.80. The van der Waals surface area contributed by atoms with Crippen LogP contribution in [-0.2, 0) is 14.3 Å². The molecule has 132 valence electrons. The number of carbonyl (C=O) groups excluding carboxylic acids is 2. The molecule has 0 radical (unpaired) electrons. The zero-order chi connectivity index (χ0) is 18.2. The van der Waals surface area contributed by atoms with Gasteiger partial charge in [0, 0.05) is 10.2 Å². The number of anilines is 1. The third-order valence-electron chi connectivity index (χ3n) is 3.19. The molecule has 0 spiro atoms. The van der Waals surface area contributed by atoms with Crippen molar-refractivity contribution in [1.29, 1.82) is 0 Å². The topological polar surface area (TPSA) is 73.9 Å².